The molecule has 0 aliphatic heterocycles. The van der Waals surface area contributed by atoms with E-state index in [1.54, 1.807) is 0 Å². The fourth-order valence-corrected chi connectivity index (χ4v) is 5.50. The lowest BCUT2D eigenvalue weighted by Gasteiger charge is -2.18. The van der Waals surface area contributed by atoms with Gasteiger partial charge in [0.25, 0.3) is 0 Å². The van der Waals surface area contributed by atoms with E-state index in [0.29, 0.717) is 32.2 Å². The van der Waals surface area contributed by atoms with E-state index in [1.165, 1.54) is 32.1 Å². The standard InChI is InChI=1S/C41H72N2O5/c1-3-5-7-9-11-12-13-14-15-16-17-18-19-20-21-23-29-35-40(45)48-37(31-26-22-10-8-6-4-2)32-27-24-25-28-34-39(44)43-38(41(46)47)33-30-36-42/h5,7,11-12,14-15,17-18,37-38H,3-4,6,8-10,13,16,19-36,42H2,1-2H3,(H,43,44)(H,46,47)/b7-5-,12-11-,15-14-,18-17-. The van der Waals surface area contributed by atoms with Crippen LogP contribution in [0.15, 0.2) is 48.6 Å². The van der Waals surface area contributed by atoms with E-state index in [4.69, 9.17) is 10.5 Å². The van der Waals surface area contributed by atoms with Gasteiger partial charge in [-0.15, -0.1) is 0 Å². The minimum absolute atomic E-state index is 0.0241. The fraction of sp³-hybridized carbons (Fsp3) is 0.732. The molecule has 276 valence electrons. The Bertz CT molecular complexity index is 895. The maximum absolute atomic E-state index is 12.7. The largest absolute Gasteiger partial charge is 0.480 e. The van der Waals surface area contributed by atoms with Gasteiger partial charge in [0.05, 0.1) is 0 Å². The number of amides is 1. The second-order valence-corrected chi connectivity index (χ2v) is 13.0. The van der Waals surface area contributed by atoms with Gasteiger partial charge in [-0.3, -0.25) is 9.59 Å². The summed E-state index contributed by atoms with van der Waals surface area (Å²) in [6.07, 6.45) is 41.5. The van der Waals surface area contributed by atoms with Crippen LogP contribution in [0.2, 0.25) is 0 Å². The Morgan fingerprint density at radius 1 is 0.625 bits per heavy atom. The van der Waals surface area contributed by atoms with Crippen LogP contribution in [-0.2, 0) is 19.1 Å². The first-order valence-corrected chi connectivity index (χ1v) is 19.5. The number of esters is 1. The van der Waals surface area contributed by atoms with Gasteiger partial charge >= 0.3 is 11.9 Å². The van der Waals surface area contributed by atoms with Crippen molar-refractivity contribution in [3.63, 3.8) is 0 Å². The van der Waals surface area contributed by atoms with Gasteiger partial charge < -0.3 is 20.9 Å². The molecule has 0 saturated heterocycles. The number of ether oxygens (including phenoxy) is 1. The zero-order valence-electron chi connectivity index (χ0n) is 30.8. The molecule has 0 aromatic carbocycles. The number of unbranched alkanes of at least 4 members (excludes halogenated alkanes) is 12. The monoisotopic (exact) mass is 673 g/mol. The van der Waals surface area contributed by atoms with Gasteiger partial charge in [0.15, 0.2) is 0 Å². The number of carbonyl (C=O) groups excluding carboxylic acids is 2. The highest BCUT2D eigenvalue weighted by Gasteiger charge is 2.19. The van der Waals surface area contributed by atoms with E-state index in [9.17, 15) is 19.5 Å². The van der Waals surface area contributed by atoms with Gasteiger partial charge in [-0.25, -0.2) is 4.79 Å². The normalized spacial score (nSPS) is 13.2. The number of rotatable bonds is 34. The number of carboxylic acid groups (broad SMARTS) is 1. The van der Waals surface area contributed by atoms with Crippen LogP contribution in [0.25, 0.3) is 0 Å². The van der Waals surface area contributed by atoms with Crippen molar-refractivity contribution in [2.45, 2.75) is 187 Å². The number of hydrogen-bond donors (Lipinski definition) is 3. The molecule has 1 amide bonds. The van der Waals surface area contributed by atoms with Crippen LogP contribution in [0, 0.1) is 0 Å². The molecule has 0 spiro atoms. The fourth-order valence-electron chi connectivity index (χ4n) is 5.50. The van der Waals surface area contributed by atoms with Crippen LogP contribution in [0.1, 0.15) is 174 Å². The molecule has 0 aromatic heterocycles. The van der Waals surface area contributed by atoms with Gasteiger partial charge in [0.1, 0.15) is 12.1 Å². The number of nitrogens with one attached hydrogen (secondary N) is 1. The second kappa shape index (κ2) is 35.6. The minimum atomic E-state index is -1.01. The van der Waals surface area contributed by atoms with Crippen molar-refractivity contribution in [3.05, 3.63) is 48.6 Å². The molecule has 0 bridgehead atoms. The van der Waals surface area contributed by atoms with Crippen LogP contribution in [0.5, 0.6) is 0 Å². The number of hydrogen-bond acceptors (Lipinski definition) is 5. The van der Waals surface area contributed by atoms with Crippen LogP contribution in [0.4, 0.5) is 0 Å². The lowest BCUT2D eigenvalue weighted by Crippen LogP contribution is -2.40. The second-order valence-electron chi connectivity index (χ2n) is 13.0. The van der Waals surface area contributed by atoms with E-state index >= 15 is 0 Å². The van der Waals surface area contributed by atoms with Crippen molar-refractivity contribution < 1.29 is 24.2 Å². The van der Waals surface area contributed by atoms with Gasteiger partial charge in [-0.1, -0.05) is 120 Å². The lowest BCUT2D eigenvalue weighted by atomic mass is 10.0. The summed E-state index contributed by atoms with van der Waals surface area (Å²) in [6.45, 7) is 4.78. The van der Waals surface area contributed by atoms with Gasteiger partial charge in [0, 0.05) is 12.8 Å². The third kappa shape index (κ3) is 31.9. The molecular weight excluding hydrogens is 600 g/mol. The summed E-state index contributed by atoms with van der Waals surface area (Å²) in [5, 5.41) is 11.9. The first-order chi connectivity index (χ1) is 23.4. The Kier molecular flexibility index (Phi) is 33.7. The molecular formula is C41H72N2O5. The maximum Gasteiger partial charge on any atom is 0.326 e. The summed E-state index contributed by atoms with van der Waals surface area (Å²) in [4.78, 5) is 36.2. The first kappa shape index (κ1) is 45.3. The number of aliphatic carboxylic acids is 1. The quantitative estimate of drug-likeness (QED) is 0.0356. The molecule has 0 aliphatic carbocycles. The van der Waals surface area contributed by atoms with E-state index in [-0.39, 0.29) is 18.0 Å². The van der Waals surface area contributed by atoms with Crippen LogP contribution < -0.4 is 11.1 Å². The molecule has 2 atom stereocenters. The average molecular weight is 673 g/mol. The smallest absolute Gasteiger partial charge is 0.326 e. The summed E-state index contributed by atoms with van der Waals surface area (Å²) < 4.78 is 5.96. The van der Waals surface area contributed by atoms with Crippen LogP contribution >= 0.6 is 0 Å². The first-order valence-electron chi connectivity index (χ1n) is 19.5. The number of allylic oxidation sites excluding steroid dienone is 8. The van der Waals surface area contributed by atoms with E-state index < -0.39 is 12.0 Å². The van der Waals surface area contributed by atoms with Crippen molar-refractivity contribution in [3.8, 4) is 0 Å². The van der Waals surface area contributed by atoms with Crippen molar-refractivity contribution >= 4 is 17.8 Å². The van der Waals surface area contributed by atoms with E-state index in [2.05, 4.69) is 67.8 Å². The highest BCUT2D eigenvalue weighted by atomic mass is 16.5. The molecule has 4 N–H and O–H groups in total. The molecule has 7 nitrogen and oxygen atoms in total. The Morgan fingerprint density at radius 2 is 1.15 bits per heavy atom. The lowest BCUT2D eigenvalue weighted by molar-refractivity contribution is -0.150. The van der Waals surface area contributed by atoms with Crippen molar-refractivity contribution in [1.29, 1.82) is 0 Å². The van der Waals surface area contributed by atoms with Crippen molar-refractivity contribution in [1.82, 2.24) is 5.32 Å². The minimum Gasteiger partial charge on any atom is -0.480 e. The Labute approximate surface area is 294 Å². The predicted molar refractivity (Wildman–Crippen MR) is 202 cm³/mol. The molecule has 0 aliphatic rings. The number of carboxylic acids is 1. The Balaban J connectivity index is 4.22. The zero-order chi connectivity index (χ0) is 35.3. The summed E-state index contributed by atoms with van der Waals surface area (Å²) in [6, 6.07) is -0.866. The Hall–Kier alpha value is -2.67. The van der Waals surface area contributed by atoms with Gasteiger partial charge in [-0.2, -0.15) is 0 Å². The Morgan fingerprint density at radius 3 is 1.73 bits per heavy atom. The highest BCUT2D eigenvalue weighted by Crippen LogP contribution is 2.18. The molecule has 0 radical (unpaired) electrons. The zero-order valence-corrected chi connectivity index (χ0v) is 30.8. The summed E-state index contributed by atoms with van der Waals surface area (Å²) >= 11 is 0. The molecule has 0 heterocycles. The third-order valence-electron chi connectivity index (χ3n) is 8.41. The highest BCUT2D eigenvalue weighted by molar-refractivity contribution is 5.83. The molecule has 0 aromatic rings. The number of carbonyl (C=O) groups is 3. The van der Waals surface area contributed by atoms with Crippen LogP contribution in [0.3, 0.4) is 0 Å². The molecule has 48 heavy (non-hydrogen) atoms. The summed E-state index contributed by atoms with van der Waals surface area (Å²) in [7, 11) is 0. The third-order valence-corrected chi connectivity index (χ3v) is 8.41. The molecule has 7 heteroatoms. The summed E-state index contributed by atoms with van der Waals surface area (Å²) in [5.41, 5.74) is 5.47. The van der Waals surface area contributed by atoms with Crippen molar-refractivity contribution in [2.24, 2.45) is 5.73 Å². The molecule has 0 rings (SSSR count). The average Bonchev–Trinajstić information content (AvgIpc) is 3.07. The van der Waals surface area contributed by atoms with E-state index in [0.717, 1.165) is 103 Å². The summed E-state index contributed by atoms with van der Waals surface area (Å²) in [5.74, 6) is -1.30. The topological polar surface area (TPSA) is 119 Å². The van der Waals surface area contributed by atoms with Crippen LogP contribution in [-0.4, -0.2) is 41.6 Å². The molecule has 0 saturated carbocycles. The van der Waals surface area contributed by atoms with Gasteiger partial charge in [-0.05, 0) is 96.4 Å². The van der Waals surface area contributed by atoms with E-state index in [1.807, 2.05) is 0 Å². The SMILES string of the molecule is CC/C=C\C/C=C\C/C=C\C/C=C\CCCCCCC(=O)OC(CCCCCCCC)CCCCCCC(=O)NC(CCCN)C(=O)O. The molecule has 2 unspecified atom stereocenters. The van der Waals surface area contributed by atoms with Gasteiger partial charge in [0.2, 0.25) is 5.91 Å². The molecule has 0 fully saturated rings. The predicted octanol–water partition coefficient (Wildman–Crippen LogP) is 10.4. The maximum atomic E-state index is 12.7. The van der Waals surface area contributed by atoms with Crippen molar-refractivity contribution in [2.75, 3.05) is 6.54 Å². The number of nitrogens with two attached hydrogens (primary N) is 1.